The van der Waals surface area contributed by atoms with E-state index in [1.54, 1.807) is 44.2 Å². The molecule has 0 unspecified atom stereocenters. The van der Waals surface area contributed by atoms with Crippen molar-refractivity contribution in [3.8, 4) is 17.2 Å². The summed E-state index contributed by atoms with van der Waals surface area (Å²) in [5, 5.41) is 1.08. The Morgan fingerprint density at radius 3 is 2.72 bits per heavy atom. The standard InChI is InChI=1S/C31H23BrCl2N2O6S/c1-3-39-30(38)27-16(2)35-31-36(28(27)18-6-9-24-25(12-18)42-15-41-24)29(37)26(43-31)11-17-4-8-23(21(32)10-17)40-14-19-5-7-20(33)13-22(19)34/h4-13,28H,3,14-15H2,1-2H3/b26-11-/t28-/m0/s1. The van der Waals surface area contributed by atoms with Crippen molar-refractivity contribution in [1.82, 2.24) is 4.57 Å². The van der Waals surface area contributed by atoms with Crippen LogP contribution in [-0.4, -0.2) is 23.9 Å². The molecule has 12 heteroatoms. The SMILES string of the molecule is CCOC(=O)C1=C(C)N=c2s/c(=C\c3ccc(OCc4ccc(Cl)cc4Cl)c(Br)c3)c(=O)n2[C@H]1c1ccc2c(c1)OCO2. The highest BCUT2D eigenvalue weighted by Gasteiger charge is 2.34. The van der Waals surface area contributed by atoms with Gasteiger partial charge in [0.15, 0.2) is 16.3 Å². The summed E-state index contributed by atoms with van der Waals surface area (Å²) >= 11 is 17.1. The minimum Gasteiger partial charge on any atom is -0.488 e. The molecule has 0 saturated carbocycles. The van der Waals surface area contributed by atoms with Crippen molar-refractivity contribution < 1.29 is 23.7 Å². The van der Waals surface area contributed by atoms with Crippen LogP contribution in [0, 0.1) is 0 Å². The molecule has 0 N–H and O–H groups in total. The number of thiazole rings is 1. The van der Waals surface area contributed by atoms with E-state index >= 15 is 0 Å². The van der Waals surface area contributed by atoms with Crippen LogP contribution in [0.25, 0.3) is 6.08 Å². The molecule has 3 heterocycles. The van der Waals surface area contributed by atoms with E-state index in [1.165, 1.54) is 15.9 Å². The lowest BCUT2D eigenvalue weighted by Crippen LogP contribution is -2.39. The van der Waals surface area contributed by atoms with Gasteiger partial charge in [0.1, 0.15) is 12.4 Å². The molecule has 1 aromatic heterocycles. The van der Waals surface area contributed by atoms with Gasteiger partial charge in [0.25, 0.3) is 5.56 Å². The topological polar surface area (TPSA) is 88.4 Å². The van der Waals surface area contributed by atoms with Gasteiger partial charge in [-0.3, -0.25) is 9.36 Å². The van der Waals surface area contributed by atoms with E-state index < -0.39 is 12.0 Å². The summed E-state index contributed by atoms with van der Waals surface area (Å²) in [6.07, 6.45) is 1.79. The summed E-state index contributed by atoms with van der Waals surface area (Å²) in [7, 11) is 0. The van der Waals surface area contributed by atoms with Crippen LogP contribution in [0.15, 0.2) is 80.1 Å². The lowest BCUT2D eigenvalue weighted by atomic mass is 9.95. The number of nitrogens with zero attached hydrogens (tertiary/aromatic N) is 2. The molecule has 0 radical (unpaired) electrons. The fraction of sp³-hybridized carbons (Fsp3) is 0.194. The first-order valence-electron chi connectivity index (χ1n) is 13.2. The van der Waals surface area contributed by atoms with E-state index in [4.69, 9.17) is 42.1 Å². The fourth-order valence-electron chi connectivity index (χ4n) is 4.86. The van der Waals surface area contributed by atoms with Crippen LogP contribution in [-0.2, 0) is 16.1 Å². The maximum atomic E-state index is 13.9. The largest absolute Gasteiger partial charge is 0.488 e. The summed E-state index contributed by atoms with van der Waals surface area (Å²) in [4.78, 5) is 32.2. The highest BCUT2D eigenvalue weighted by atomic mass is 79.9. The third-order valence-electron chi connectivity index (χ3n) is 6.88. The molecule has 43 heavy (non-hydrogen) atoms. The fourth-order valence-corrected chi connectivity index (χ4v) is 6.88. The number of rotatable bonds is 7. The van der Waals surface area contributed by atoms with Gasteiger partial charge in [-0.05, 0) is 83.4 Å². The van der Waals surface area contributed by atoms with E-state index in [9.17, 15) is 9.59 Å². The molecule has 2 aliphatic rings. The molecule has 3 aromatic carbocycles. The minimum absolute atomic E-state index is 0.107. The molecule has 1 atom stereocenters. The smallest absolute Gasteiger partial charge is 0.338 e. The van der Waals surface area contributed by atoms with E-state index in [0.29, 0.717) is 57.9 Å². The highest BCUT2D eigenvalue weighted by molar-refractivity contribution is 9.10. The van der Waals surface area contributed by atoms with Crippen molar-refractivity contribution in [2.75, 3.05) is 13.4 Å². The van der Waals surface area contributed by atoms with Crippen LogP contribution in [0.3, 0.4) is 0 Å². The Balaban J connectivity index is 1.37. The van der Waals surface area contributed by atoms with Crippen molar-refractivity contribution in [3.05, 3.63) is 117 Å². The summed E-state index contributed by atoms with van der Waals surface area (Å²) in [6.45, 7) is 4.04. The second-order valence-electron chi connectivity index (χ2n) is 9.63. The quantitative estimate of drug-likeness (QED) is 0.214. The van der Waals surface area contributed by atoms with E-state index in [0.717, 1.165) is 11.1 Å². The Morgan fingerprint density at radius 1 is 1.14 bits per heavy atom. The molecule has 0 spiro atoms. The van der Waals surface area contributed by atoms with Gasteiger partial charge in [0.2, 0.25) is 6.79 Å². The molecule has 2 aliphatic heterocycles. The van der Waals surface area contributed by atoms with Crippen LogP contribution in [0.5, 0.6) is 17.2 Å². The first-order chi connectivity index (χ1) is 20.7. The number of ether oxygens (including phenoxy) is 4. The molecule has 6 rings (SSSR count). The zero-order valence-corrected chi connectivity index (χ0v) is 26.8. The molecule has 0 fully saturated rings. The number of fused-ring (bicyclic) bond motifs is 2. The second-order valence-corrected chi connectivity index (χ2v) is 12.3. The monoisotopic (exact) mass is 700 g/mol. The predicted octanol–water partition coefficient (Wildman–Crippen LogP) is 6.18. The van der Waals surface area contributed by atoms with Gasteiger partial charge in [-0.15, -0.1) is 0 Å². The Labute approximate surface area is 268 Å². The molecule has 0 amide bonds. The Hall–Kier alpha value is -3.57. The zero-order valence-electron chi connectivity index (χ0n) is 22.9. The number of halogens is 3. The molecule has 0 bridgehead atoms. The average molecular weight is 702 g/mol. The van der Waals surface area contributed by atoms with Gasteiger partial charge >= 0.3 is 5.97 Å². The van der Waals surface area contributed by atoms with Crippen LogP contribution < -0.4 is 29.1 Å². The summed E-state index contributed by atoms with van der Waals surface area (Å²) in [5.41, 5.74) is 2.75. The number of hydrogen-bond donors (Lipinski definition) is 0. The number of carbonyl (C=O) groups is 1. The van der Waals surface area contributed by atoms with E-state index in [2.05, 4.69) is 20.9 Å². The summed E-state index contributed by atoms with van der Waals surface area (Å²) in [6, 6.07) is 15.4. The van der Waals surface area contributed by atoms with Crippen molar-refractivity contribution in [2.45, 2.75) is 26.5 Å². The molecular formula is C31H23BrCl2N2O6S. The van der Waals surface area contributed by atoms with Gasteiger partial charge in [0.05, 0.1) is 32.9 Å². The van der Waals surface area contributed by atoms with Gasteiger partial charge < -0.3 is 18.9 Å². The highest BCUT2D eigenvalue weighted by Crippen LogP contribution is 2.38. The minimum atomic E-state index is -0.755. The predicted molar refractivity (Wildman–Crippen MR) is 168 cm³/mol. The number of hydrogen-bond acceptors (Lipinski definition) is 8. The number of esters is 1. The zero-order chi connectivity index (χ0) is 30.2. The first-order valence-corrected chi connectivity index (χ1v) is 15.6. The molecule has 0 saturated heterocycles. The Bertz CT molecular complexity index is 1990. The third-order valence-corrected chi connectivity index (χ3v) is 9.07. The van der Waals surface area contributed by atoms with Crippen molar-refractivity contribution in [2.24, 2.45) is 4.99 Å². The van der Waals surface area contributed by atoms with E-state index in [-0.39, 0.29) is 25.6 Å². The van der Waals surface area contributed by atoms with Crippen LogP contribution >= 0.6 is 50.5 Å². The van der Waals surface area contributed by atoms with Gasteiger partial charge in [-0.25, -0.2) is 9.79 Å². The lowest BCUT2D eigenvalue weighted by Gasteiger charge is -2.24. The van der Waals surface area contributed by atoms with Crippen molar-refractivity contribution in [3.63, 3.8) is 0 Å². The summed E-state index contributed by atoms with van der Waals surface area (Å²) < 4.78 is 25.1. The maximum absolute atomic E-state index is 13.9. The van der Waals surface area contributed by atoms with Crippen molar-refractivity contribution in [1.29, 1.82) is 0 Å². The molecule has 0 aliphatic carbocycles. The molecule has 8 nitrogen and oxygen atoms in total. The molecule has 220 valence electrons. The van der Waals surface area contributed by atoms with Crippen LogP contribution in [0.1, 0.15) is 36.6 Å². The maximum Gasteiger partial charge on any atom is 0.338 e. The number of aromatic nitrogens is 1. The molecule has 4 aromatic rings. The number of allylic oxidation sites excluding steroid dienone is 1. The van der Waals surface area contributed by atoms with Gasteiger partial charge in [0, 0.05) is 15.6 Å². The summed E-state index contributed by atoms with van der Waals surface area (Å²) in [5.74, 6) is 1.23. The average Bonchev–Trinajstić information content (AvgIpc) is 3.56. The van der Waals surface area contributed by atoms with E-state index in [1.807, 2.05) is 30.3 Å². The normalized spacial score (nSPS) is 15.7. The van der Waals surface area contributed by atoms with Crippen molar-refractivity contribution >= 4 is 62.5 Å². The Morgan fingerprint density at radius 2 is 1.95 bits per heavy atom. The molecular weight excluding hydrogens is 679 g/mol. The lowest BCUT2D eigenvalue weighted by molar-refractivity contribution is -0.139. The second kappa shape index (κ2) is 12.2. The Kier molecular flexibility index (Phi) is 8.37. The number of carbonyl (C=O) groups excluding carboxylic acids is 1. The van der Waals surface area contributed by atoms with Crippen LogP contribution in [0.4, 0.5) is 0 Å². The van der Waals surface area contributed by atoms with Gasteiger partial charge in [-0.2, -0.15) is 0 Å². The van der Waals surface area contributed by atoms with Gasteiger partial charge in [-0.1, -0.05) is 52.7 Å². The third kappa shape index (κ3) is 5.84. The number of benzene rings is 3. The first kappa shape index (κ1) is 29.5. The van der Waals surface area contributed by atoms with Crippen LogP contribution in [0.2, 0.25) is 10.0 Å².